The average molecular weight is 395 g/mol. The van der Waals surface area contributed by atoms with E-state index in [-0.39, 0.29) is 12.6 Å². The van der Waals surface area contributed by atoms with Gasteiger partial charge >= 0.3 is 6.18 Å². The second-order valence-electron chi connectivity index (χ2n) is 6.64. The number of benzene rings is 1. The first-order chi connectivity index (χ1) is 13.5. The molecule has 0 saturated carbocycles. The molecule has 0 bridgehead atoms. The molecule has 8 heteroatoms. The Morgan fingerprint density at radius 3 is 2.79 bits per heavy atom. The fourth-order valence-corrected chi connectivity index (χ4v) is 2.97. The Morgan fingerprint density at radius 1 is 1.18 bits per heavy atom. The van der Waals surface area contributed by atoms with Crippen molar-refractivity contribution in [3.05, 3.63) is 59.5 Å². The van der Waals surface area contributed by atoms with Crippen LogP contribution >= 0.6 is 0 Å². The van der Waals surface area contributed by atoms with Gasteiger partial charge in [0.25, 0.3) is 0 Å². The molecule has 2 heterocycles. The number of hydrogen-bond donors (Lipinski definition) is 2. The molecule has 0 radical (unpaired) electrons. The molecular formula is C20H24F3N3O2. The zero-order chi connectivity index (χ0) is 19.8. The SMILES string of the molecule is FC(F)(F)c1cccc(CN=C(NCCc2ccco2)NCC2CCCO2)c1. The molecule has 2 aromatic rings. The standard InChI is InChI=1S/C20H24F3N3O2/c21-20(22,23)16-5-1-4-15(12-16)13-25-19(26-14-18-7-3-11-28-18)24-9-8-17-6-2-10-27-17/h1-2,4-6,10,12,18H,3,7-9,11,13-14H2,(H2,24,25,26). The van der Waals surface area contributed by atoms with E-state index in [1.165, 1.54) is 6.07 Å². The lowest BCUT2D eigenvalue weighted by Gasteiger charge is -2.15. The fourth-order valence-electron chi connectivity index (χ4n) is 2.97. The minimum absolute atomic E-state index is 0.130. The molecule has 1 aliphatic rings. The van der Waals surface area contributed by atoms with Crippen molar-refractivity contribution in [3.63, 3.8) is 0 Å². The maximum Gasteiger partial charge on any atom is 0.416 e. The van der Waals surface area contributed by atoms with Gasteiger partial charge in [0.2, 0.25) is 0 Å². The van der Waals surface area contributed by atoms with E-state index in [1.54, 1.807) is 12.3 Å². The molecular weight excluding hydrogens is 371 g/mol. The molecule has 1 fully saturated rings. The van der Waals surface area contributed by atoms with Crippen LogP contribution in [0.15, 0.2) is 52.1 Å². The summed E-state index contributed by atoms with van der Waals surface area (Å²) < 4.78 is 49.5. The number of alkyl halides is 3. The molecule has 1 atom stereocenters. The van der Waals surface area contributed by atoms with E-state index in [1.807, 2.05) is 12.1 Å². The summed E-state index contributed by atoms with van der Waals surface area (Å²) in [6.45, 7) is 2.10. The first kappa shape index (κ1) is 20.3. The van der Waals surface area contributed by atoms with Gasteiger partial charge in [0.1, 0.15) is 5.76 Å². The molecule has 5 nitrogen and oxygen atoms in total. The smallest absolute Gasteiger partial charge is 0.416 e. The van der Waals surface area contributed by atoms with Crippen LogP contribution < -0.4 is 10.6 Å². The Balaban J connectivity index is 1.60. The number of ether oxygens (including phenoxy) is 1. The summed E-state index contributed by atoms with van der Waals surface area (Å²) in [6, 6.07) is 8.95. The Bertz CT molecular complexity index is 754. The zero-order valence-electron chi connectivity index (χ0n) is 15.5. The van der Waals surface area contributed by atoms with Crippen molar-refractivity contribution in [2.24, 2.45) is 4.99 Å². The molecule has 28 heavy (non-hydrogen) atoms. The third kappa shape index (κ3) is 6.30. The summed E-state index contributed by atoms with van der Waals surface area (Å²) >= 11 is 0. The number of nitrogens with one attached hydrogen (secondary N) is 2. The van der Waals surface area contributed by atoms with Crippen LogP contribution in [0.5, 0.6) is 0 Å². The second kappa shape index (κ2) is 9.64. The van der Waals surface area contributed by atoms with Gasteiger partial charge in [-0.1, -0.05) is 12.1 Å². The first-order valence-corrected chi connectivity index (χ1v) is 9.33. The number of guanidine groups is 1. The second-order valence-corrected chi connectivity index (χ2v) is 6.64. The largest absolute Gasteiger partial charge is 0.469 e. The summed E-state index contributed by atoms with van der Waals surface area (Å²) in [6.07, 6.45) is 0.0906. The van der Waals surface area contributed by atoms with Gasteiger partial charge in [-0.25, -0.2) is 4.99 Å². The molecule has 152 valence electrons. The van der Waals surface area contributed by atoms with E-state index in [2.05, 4.69) is 15.6 Å². The minimum atomic E-state index is -4.36. The molecule has 1 aromatic heterocycles. The molecule has 0 amide bonds. The predicted octanol–water partition coefficient (Wildman–Crippen LogP) is 3.76. The average Bonchev–Trinajstić information content (AvgIpc) is 3.37. The third-order valence-electron chi connectivity index (χ3n) is 4.44. The highest BCUT2D eigenvalue weighted by molar-refractivity contribution is 5.79. The third-order valence-corrected chi connectivity index (χ3v) is 4.44. The van der Waals surface area contributed by atoms with E-state index >= 15 is 0 Å². The van der Waals surface area contributed by atoms with E-state index in [9.17, 15) is 13.2 Å². The van der Waals surface area contributed by atoms with Gasteiger partial charge in [-0.2, -0.15) is 13.2 Å². The van der Waals surface area contributed by atoms with Gasteiger partial charge in [-0.15, -0.1) is 0 Å². The molecule has 3 rings (SSSR count). The summed E-state index contributed by atoms with van der Waals surface area (Å²) in [5.74, 6) is 1.39. The maximum atomic E-state index is 12.9. The van der Waals surface area contributed by atoms with Gasteiger partial charge < -0.3 is 19.8 Å². The van der Waals surface area contributed by atoms with Crippen LogP contribution in [0, 0.1) is 0 Å². The minimum Gasteiger partial charge on any atom is -0.469 e. The number of aliphatic imine (C=N–C) groups is 1. The van der Waals surface area contributed by atoms with Crippen molar-refractivity contribution in [3.8, 4) is 0 Å². The molecule has 1 aromatic carbocycles. The number of furan rings is 1. The van der Waals surface area contributed by atoms with E-state index in [4.69, 9.17) is 9.15 Å². The molecule has 2 N–H and O–H groups in total. The van der Waals surface area contributed by atoms with E-state index in [0.717, 1.165) is 37.3 Å². The van der Waals surface area contributed by atoms with E-state index in [0.29, 0.717) is 31.0 Å². The quantitative estimate of drug-likeness (QED) is 0.554. The zero-order valence-corrected chi connectivity index (χ0v) is 15.5. The summed E-state index contributed by atoms with van der Waals surface area (Å²) in [4.78, 5) is 4.44. The Morgan fingerprint density at radius 2 is 2.07 bits per heavy atom. The molecule has 0 spiro atoms. The van der Waals surface area contributed by atoms with Crippen molar-refractivity contribution < 1.29 is 22.3 Å². The molecule has 1 saturated heterocycles. The summed E-state index contributed by atoms with van der Waals surface area (Å²) in [7, 11) is 0. The summed E-state index contributed by atoms with van der Waals surface area (Å²) in [5.41, 5.74) is -0.168. The van der Waals surface area contributed by atoms with Crippen LogP contribution in [-0.2, 0) is 23.9 Å². The topological polar surface area (TPSA) is 58.8 Å². The Labute approximate surface area is 162 Å². The number of halogens is 3. The van der Waals surface area contributed by atoms with Gasteiger partial charge in [0, 0.05) is 26.1 Å². The predicted molar refractivity (Wildman–Crippen MR) is 100.0 cm³/mol. The Kier molecular flexibility index (Phi) is 6.97. The van der Waals surface area contributed by atoms with Crippen LogP contribution in [0.4, 0.5) is 13.2 Å². The maximum absolute atomic E-state index is 12.9. The fraction of sp³-hybridized carbons (Fsp3) is 0.450. The lowest BCUT2D eigenvalue weighted by molar-refractivity contribution is -0.137. The number of hydrogen-bond acceptors (Lipinski definition) is 3. The van der Waals surface area contributed by atoms with Crippen LogP contribution in [0.1, 0.15) is 29.7 Å². The van der Waals surface area contributed by atoms with Crippen LogP contribution in [0.3, 0.4) is 0 Å². The molecule has 1 aliphatic heterocycles. The van der Waals surface area contributed by atoms with Crippen molar-refractivity contribution in [1.82, 2.24) is 10.6 Å². The summed E-state index contributed by atoms with van der Waals surface area (Å²) in [5, 5.41) is 6.42. The van der Waals surface area contributed by atoms with E-state index < -0.39 is 11.7 Å². The molecule has 1 unspecified atom stereocenters. The van der Waals surface area contributed by atoms with Gasteiger partial charge in [-0.05, 0) is 42.7 Å². The highest BCUT2D eigenvalue weighted by atomic mass is 19.4. The van der Waals surface area contributed by atoms with Crippen molar-refractivity contribution in [2.45, 2.75) is 38.1 Å². The lowest BCUT2D eigenvalue weighted by Crippen LogP contribution is -2.41. The van der Waals surface area contributed by atoms with Crippen LogP contribution in [0.2, 0.25) is 0 Å². The first-order valence-electron chi connectivity index (χ1n) is 9.33. The van der Waals surface area contributed by atoms with Crippen LogP contribution in [0.25, 0.3) is 0 Å². The van der Waals surface area contributed by atoms with Crippen molar-refractivity contribution >= 4 is 5.96 Å². The Hall–Kier alpha value is -2.48. The number of rotatable bonds is 7. The normalized spacial score (nSPS) is 17.7. The highest BCUT2D eigenvalue weighted by Crippen LogP contribution is 2.29. The van der Waals surface area contributed by atoms with Gasteiger partial charge in [0.15, 0.2) is 5.96 Å². The van der Waals surface area contributed by atoms with Gasteiger partial charge in [-0.3, -0.25) is 0 Å². The lowest BCUT2D eigenvalue weighted by atomic mass is 10.1. The van der Waals surface area contributed by atoms with Crippen molar-refractivity contribution in [1.29, 1.82) is 0 Å². The van der Waals surface area contributed by atoms with Gasteiger partial charge in [0.05, 0.1) is 24.5 Å². The van der Waals surface area contributed by atoms with Crippen molar-refractivity contribution in [2.75, 3.05) is 19.7 Å². The highest BCUT2D eigenvalue weighted by Gasteiger charge is 2.30. The monoisotopic (exact) mass is 395 g/mol. The number of nitrogens with zero attached hydrogens (tertiary/aromatic N) is 1. The van der Waals surface area contributed by atoms with Crippen LogP contribution in [-0.4, -0.2) is 31.8 Å². The molecule has 0 aliphatic carbocycles.